The molecule has 132 valence electrons. The van der Waals surface area contributed by atoms with Crippen LogP contribution in [0.2, 0.25) is 0 Å². The van der Waals surface area contributed by atoms with Crippen molar-refractivity contribution in [1.29, 1.82) is 0 Å². The fraction of sp³-hybridized carbons (Fsp3) is 0.318. The highest BCUT2D eigenvalue weighted by atomic mass is 15.2. The molecule has 3 heterocycles. The zero-order chi connectivity index (χ0) is 17.3. The minimum Gasteiger partial charge on any atom is -0.366 e. The Labute approximate surface area is 154 Å². The molecule has 0 radical (unpaired) electrons. The maximum atomic E-state index is 4.74. The van der Waals surface area contributed by atoms with Crippen LogP contribution in [0.15, 0.2) is 54.7 Å². The monoisotopic (exact) mass is 344 g/mol. The minimum absolute atomic E-state index is 0.598. The Hall–Kier alpha value is -2.59. The van der Waals surface area contributed by atoms with E-state index in [4.69, 9.17) is 4.98 Å². The van der Waals surface area contributed by atoms with Crippen molar-refractivity contribution in [3.05, 3.63) is 60.3 Å². The van der Waals surface area contributed by atoms with Crippen molar-refractivity contribution >= 4 is 28.0 Å². The van der Waals surface area contributed by atoms with Crippen LogP contribution in [0.25, 0.3) is 10.8 Å². The SMILES string of the molecule is c1ccc(Nc2ncc3c4c(cccc24)N(C2CCCNC2)CC3)cc1. The summed E-state index contributed by atoms with van der Waals surface area (Å²) in [7, 11) is 0. The van der Waals surface area contributed by atoms with Crippen molar-refractivity contribution in [3.8, 4) is 0 Å². The number of nitrogens with zero attached hydrogens (tertiary/aromatic N) is 2. The van der Waals surface area contributed by atoms with Crippen LogP contribution in [0.1, 0.15) is 18.4 Å². The van der Waals surface area contributed by atoms with Gasteiger partial charge >= 0.3 is 0 Å². The van der Waals surface area contributed by atoms with E-state index in [1.807, 2.05) is 18.2 Å². The summed E-state index contributed by atoms with van der Waals surface area (Å²) >= 11 is 0. The van der Waals surface area contributed by atoms with Gasteiger partial charge in [0.2, 0.25) is 0 Å². The highest BCUT2D eigenvalue weighted by Crippen LogP contribution is 2.38. The van der Waals surface area contributed by atoms with E-state index < -0.39 is 0 Å². The third-order valence-electron chi connectivity index (χ3n) is 5.65. The summed E-state index contributed by atoms with van der Waals surface area (Å²) in [5.74, 6) is 0.945. The minimum atomic E-state index is 0.598. The zero-order valence-electron chi connectivity index (χ0n) is 14.9. The van der Waals surface area contributed by atoms with Crippen molar-refractivity contribution < 1.29 is 0 Å². The molecule has 0 bridgehead atoms. The van der Waals surface area contributed by atoms with Crippen LogP contribution in [-0.4, -0.2) is 30.7 Å². The van der Waals surface area contributed by atoms with Crippen LogP contribution in [-0.2, 0) is 6.42 Å². The lowest BCUT2D eigenvalue weighted by Gasteiger charge is -2.39. The number of piperidine rings is 1. The summed E-state index contributed by atoms with van der Waals surface area (Å²) in [6.07, 6.45) is 5.68. The lowest BCUT2D eigenvalue weighted by atomic mass is 9.95. The topological polar surface area (TPSA) is 40.2 Å². The normalized spacial score (nSPS) is 19.5. The van der Waals surface area contributed by atoms with Crippen molar-refractivity contribution in [1.82, 2.24) is 10.3 Å². The molecule has 5 rings (SSSR count). The fourth-order valence-electron chi connectivity index (χ4n) is 4.38. The average Bonchev–Trinajstić information content (AvgIpc) is 2.72. The maximum Gasteiger partial charge on any atom is 0.138 e. The van der Waals surface area contributed by atoms with Gasteiger partial charge in [0.15, 0.2) is 0 Å². The second-order valence-corrected chi connectivity index (χ2v) is 7.27. The number of para-hydroxylation sites is 1. The number of benzene rings is 2. The third-order valence-corrected chi connectivity index (χ3v) is 5.65. The van der Waals surface area contributed by atoms with Gasteiger partial charge in [0.25, 0.3) is 0 Å². The van der Waals surface area contributed by atoms with Crippen LogP contribution in [0.3, 0.4) is 0 Å². The molecule has 2 aliphatic rings. The molecule has 3 aromatic rings. The highest BCUT2D eigenvalue weighted by molar-refractivity contribution is 6.04. The molecule has 0 spiro atoms. The lowest BCUT2D eigenvalue weighted by molar-refractivity contribution is 0.431. The summed E-state index contributed by atoms with van der Waals surface area (Å²) in [6.45, 7) is 3.33. The molecule has 2 N–H and O–H groups in total. The first-order valence-electron chi connectivity index (χ1n) is 9.60. The molecule has 4 nitrogen and oxygen atoms in total. The molecule has 0 saturated carbocycles. The van der Waals surface area contributed by atoms with Gasteiger partial charge in [-0.15, -0.1) is 0 Å². The molecule has 1 saturated heterocycles. The molecule has 1 fully saturated rings. The van der Waals surface area contributed by atoms with Crippen LogP contribution < -0.4 is 15.5 Å². The Morgan fingerprint density at radius 2 is 2.00 bits per heavy atom. The molecule has 26 heavy (non-hydrogen) atoms. The standard InChI is InChI=1S/C22H24N4/c1-2-6-17(7-3-1)25-22-19-9-4-10-20-21(19)16(14-24-22)11-13-26(20)18-8-5-12-23-15-18/h1-4,6-7,9-10,14,18,23H,5,8,11-13,15H2,(H,24,25). The van der Waals surface area contributed by atoms with E-state index in [0.717, 1.165) is 37.6 Å². The van der Waals surface area contributed by atoms with E-state index in [-0.39, 0.29) is 0 Å². The Balaban J connectivity index is 1.58. The van der Waals surface area contributed by atoms with Gasteiger partial charge in [0.05, 0.1) is 0 Å². The van der Waals surface area contributed by atoms with Gasteiger partial charge in [0, 0.05) is 47.5 Å². The fourth-order valence-corrected chi connectivity index (χ4v) is 4.38. The van der Waals surface area contributed by atoms with Crippen LogP contribution in [0.4, 0.5) is 17.2 Å². The molecule has 2 aromatic carbocycles. The molecular weight excluding hydrogens is 320 g/mol. The third kappa shape index (κ3) is 2.71. The van der Waals surface area contributed by atoms with Gasteiger partial charge < -0.3 is 15.5 Å². The van der Waals surface area contributed by atoms with E-state index in [9.17, 15) is 0 Å². The van der Waals surface area contributed by atoms with Crippen molar-refractivity contribution in [2.45, 2.75) is 25.3 Å². The summed E-state index contributed by atoms with van der Waals surface area (Å²) in [4.78, 5) is 7.36. The second kappa shape index (κ2) is 6.61. The summed E-state index contributed by atoms with van der Waals surface area (Å²) in [5.41, 5.74) is 3.81. The number of aromatic nitrogens is 1. The maximum absolute atomic E-state index is 4.74. The van der Waals surface area contributed by atoms with Crippen molar-refractivity contribution in [2.24, 2.45) is 0 Å². The number of rotatable bonds is 3. The van der Waals surface area contributed by atoms with Gasteiger partial charge in [0.1, 0.15) is 5.82 Å². The van der Waals surface area contributed by atoms with E-state index >= 15 is 0 Å². The molecule has 2 aliphatic heterocycles. The molecule has 4 heteroatoms. The predicted octanol–water partition coefficient (Wildman–Crippen LogP) is 4.09. The first kappa shape index (κ1) is 15.6. The molecule has 1 aromatic heterocycles. The van der Waals surface area contributed by atoms with E-state index in [2.05, 4.69) is 52.1 Å². The first-order chi connectivity index (χ1) is 12.9. The van der Waals surface area contributed by atoms with Gasteiger partial charge in [-0.05, 0) is 49.6 Å². The van der Waals surface area contributed by atoms with Crippen LogP contribution in [0.5, 0.6) is 0 Å². The Kier molecular flexibility index (Phi) is 3.98. The Morgan fingerprint density at radius 3 is 2.85 bits per heavy atom. The quantitative estimate of drug-likeness (QED) is 0.751. The number of nitrogens with one attached hydrogen (secondary N) is 2. The summed E-state index contributed by atoms with van der Waals surface area (Å²) < 4.78 is 0. The van der Waals surface area contributed by atoms with Gasteiger partial charge in [-0.2, -0.15) is 0 Å². The molecule has 0 amide bonds. The van der Waals surface area contributed by atoms with E-state index in [1.165, 1.54) is 34.9 Å². The van der Waals surface area contributed by atoms with Gasteiger partial charge in [-0.25, -0.2) is 4.98 Å². The summed E-state index contributed by atoms with van der Waals surface area (Å²) in [5, 5.41) is 9.66. The second-order valence-electron chi connectivity index (χ2n) is 7.27. The van der Waals surface area contributed by atoms with Crippen molar-refractivity contribution in [2.75, 3.05) is 29.9 Å². The smallest absolute Gasteiger partial charge is 0.138 e. The van der Waals surface area contributed by atoms with E-state index in [0.29, 0.717) is 6.04 Å². The van der Waals surface area contributed by atoms with Gasteiger partial charge in [-0.3, -0.25) is 0 Å². The Bertz CT molecular complexity index is 916. The average molecular weight is 344 g/mol. The van der Waals surface area contributed by atoms with Crippen LogP contribution in [0, 0.1) is 0 Å². The highest BCUT2D eigenvalue weighted by Gasteiger charge is 2.27. The first-order valence-corrected chi connectivity index (χ1v) is 9.60. The molecule has 1 atom stereocenters. The van der Waals surface area contributed by atoms with E-state index in [1.54, 1.807) is 0 Å². The molecular formula is C22H24N4. The molecule has 1 unspecified atom stereocenters. The largest absolute Gasteiger partial charge is 0.366 e. The zero-order valence-corrected chi connectivity index (χ0v) is 14.9. The van der Waals surface area contributed by atoms with Crippen LogP contribution >= 0.6 is 0 Å². The number of anilines is 3. The van der Waals surface area contributed by atoms with Gasteiger partial charge in [-0.1, -0.05) is 30.3 Å². The predicted molar refractivity (Wildman–Crippen MR) is 108 cm³/mol. The lowest BCUT2D eigenvalue weighted by Crippen LogP contribution is -2.48. The molecule has 0 aliphatic carbocycles. The number of hydrogen-bond donors (Lipinski definition) is 2. The number of pyridine rings is 1. The van der Waals surface area contributed by atoms with Crippen molar-refractivity contribution in [3.63, 3.8) is 0 Å². The Morgan fingerprint density at radius 1 is 1.08 bits per heavy atom. The number of hydrogen-bond acceptors (Lipinski definition) is 4. The summed E-state index contributed by atoms with van der Waals surface area (Å²) in [6, 6.07) is 17.5.